The Morgan fingerprint density at radius 1 is 1.18 bits per heavy atom. The highest BCUT2D eigenvalue weighted by atomic mass is 16.6. The molecule has 1 saturated heterocycles. The lowest BCUT2D eigenvalue weighted by Gasteiger charge is -2.31. The zero-order valence-electron chi connectivity index (χ0n) is 18.8. The van der Waals surface area contributed by atoms with Crippen molar-refractivity contribution in [1.82, 2.24) is 14.8 Å². The molecular formula is C22H28N4O7. The van der Waals surface area contributed by atoms with E-state index in [1.165, 1.54) is 24.9 Å². The first-order valence-corrected chi connectivity index (χ1v) is 10.5. The van der Waals surface area contributed by atoms with E-state index < -0.39 is 41.9 Å². The van der Waals surface area contributed by atoms with Gasteiger partial charge in [-0.2, -0.15) is 0 Å². The van der Waals surface area contributed by atoms with Gasteiger partial charge in [-0.1, -0.05) is 12.1 Å². The number of carbonyl (C=O) groups excluding carboxylic acids is 3. The highest BCUT2D eigenvalue weighted by Gasteiger charge is 2.30. The number of Topliss-reactive ketones (excluding diaryl/α,β-unsaturated/α-hetero) is 1. The molecule has 0 saturated carbocycles. The average molecular weight is 460 g/mol. The number of nitrogens with zero attached hydrogens (tertiary/aromatic N) is 2. The molecule has 0 aliphatic carbocycles. The number of para-hydroxylation sites is 1. The molecule has 2 aromatic rings. The number of hydrogen-bond acceptors (Lipinski definition) is 7. The number of aromatic amines is 1. The van der Waals surface area contributed by atoms with Crippen molar-refractivity contribution in [2.24, 2.45) is 0 Å². The first-order chi connectivity index (χ1) is 15.5. The first-order valence-electron chi connectivity index (χ1n) is 10.5. The van der Waals surface area contributed by atoms with E-state index in [4.69, 9.17) is 4.74 Å². The van der Waals surface area contributed by atoms with E-state index in [1.54, 1.807) is 18.2 Å². The lowest BCUT2D eigenvalue weighted by Crippen LogP contribution is -2.49. The van der Waals surface area contributed by atoms with E-state index in [-0.39, 0.29) is 5.56 Å². The molecule has 4 N–H and O–H groups in total. The number of anilines is 1. The van der Waals surface area contributed by atoms with Crippen LogP contribution in [0.3, 0.4) is 0 Å². The number of likely N-dealkylation sites (N-methyl/N-ethyl adjacent to an activating group) is 1. The number of amides is 2. The molecule has 1 aromatic carbocycles. The minimum absolute atomic E-state index is 0.193. The Labute approximate surface area is 190 Å². The monoisotopic (exact) mass is 460 g/mol. The summed E-state index contributed by atoms with van der Waals surface area (Å²) in [4.78, 5) is 55.9. The molecule has 11 heteroatoms. The van der Waals surface area contributed by atoms with Crippen LogP contribution in [-0.4, -0.2) is 93.7 Å². The molecule has 1 aliphatic heterocycles. The molecule has 2 heterocycles. The second kappa shape index (κ2) is 9.69. The Morgan fingerprint density at radius 2 is 1.85 bits per heavy atom. The number of piperazine rings is 1. The summed E-state index contributed by atoms with van der Waals surface area (Å²) in [6, 6.07) is 4.86. The molecule has 11 nitrogen and oxygen atoms in total. The maximum atomic E-state index is 12.9. The quantitative estimate of drug-likeness (QED) is 0.255. The van der Waals surface area contributed by atoms with E-state index in [9.17, 15) is 29.4 Å². The normalized spacial score (nSPS) is 15.9. The van der Waals surface area contributed by atoms with Gasteiger partial charge in [0.1, 0.15) is 0 Å². The summed E-state index contributed by atoms with van der Waals surface area (Å²) in [6.45, 7) is 4.87. The third kappa shape index (κ3) is 5.95. The van der Waals surface area contributed by atoms with Gasteiger partial charge in [0.15, 0.2) is 11.9 Å². The molecule has 1 fully saturated rings. The number of aliphatic hydroxyl groups is 1. The molecule has 3 rings (SSSR count). The highest BCUT2D eigenvalue weighted by Crippen LogP contribution is 2.27. The van der Waals surface area contributed by atoms with Gasteiger partial charge >= 0.3 is 5.97 Å². The van der Waals surface area contributed by atoms with Gasteiger partial charge in [0, 0.05) is 37.8 Å². The summed E-state index contributed by atoms with van der Waals surface area (Å²) in [5.41, 5.74) is 0.936. The van der Waals surface area contributed by atoms with Crippen molar-refractivity contribution in [3.63, 3.8) is 0 Å². The Kier molecular flexibility index (Phi) is 7.15. The molecular weight excluding hydrogens is 432 g/mol. The van der Waals surface area contributed by atoms with Crippen molar-refractivity contribution in [3.05, 3.63) is 30.0 Å². The van der Waals surface area contributed by atoms with Crippen LogP contribution in [0.1, 0.15) is 30.6 Å². The van der Waals surface area contributed by atoms with Gasteiger partial charge in [-0.15, -0.1) is 0 Å². The second-order valence-electron chi connectivity index (χ2n) is 8.50. The first kappa shape index (κ1) is 24.4. The summed E-state index contributed by atoms with van der Waals surface area (Å²) in [7, 11) is 1.95. The fourth-order valence-electron chi connectivity index (χ4n) is 3.61. The number of ether oxygens (including phenoxy) is 1. The van der Waals surface area contributed by atoms with E-state index in [1.807, 2.05) is 7.05 Å². The average Bonchev–Trinajstić information content (AvgIpc) is 3.17. The zero-order chi connectivity index (χ0) is 24.3. The van der Waals surface area contributed by atoms with Crippen LogP contribution in [0, 0.1) is 0 Å². The Bertz CT molecular complexity index is 1060. The topological polar surface area (TPSA) is 152 Å². The van der Waals surface area contributed by atoms with Gasteiger partial charge in [0.2, 0.25) is 5.91 Å². The van der Waals surface area contributed by atoms with Crippen molar-refractivity contribution >= 4 is 40.2 Å². The third-order valence-corrected chi connectivity index (χ3v) is 5.30. The zero-order valence-corrected chi connectivity index (χ0v) is 18.8. The maximum Gasteiger partial charge on any atom is 0.333 e. The largest absolute Gasteiger partial charge is 0.479 e. The van der Waals surface area contributed by atoms with Gasteiger partial charge in [0.25, 0.3) is 11.7 Å². The highest BCUT2D eigenvalue weighted by molar-refractivity contribution is 6.45. The fraction of sp³-hybridized carbons (Fsp3) is 0.455. The van der Waals surface area contributed by atoms with Gasteiger partial charge in [-0.05, 0) is 27.0 Å². The van der Waals surface area contributed by atoms with Gasteiger partial charge < -0.3 is 35.1 Å². The number of aromatic nitrogens is 1. The van der Waals surface area contributed by atoms with Crippen molar-refractivity contribution in [3.8, 4) is 0 Å². The number of aliphatic carboxylic acids is 1. The van der Waals surface area contributed by atoms with Crippen molar-refractivity contribution in [2.75, 3.05) is 38.5 Å². The van der Waals surface area contributed by atoms with Crippen LogP contribution in [0.15, 0.2) is 24.4 Å². The Hall–Kier alpha value is -3.28. The fourth-order valence-corrected chi connectivity index (χ4v) is 3.61. The van der Waals surface area contributed by atoms with Crippen LogP contribution in [-0.2, 0) is 19.1 Å². The lowest BCUT2D eigenvalue weighted by atomic mass is 10.1. The number of nitrogens with one attached hydrogen (secondary N) is 2. The number of carboxylic acid groups (broad SMARTS) is 1. The Morgan fingerprint density at radius 3 is 2.45 bits per heavy atom. The van der Waals surface area contributed by atoms with Crippen LogP contribution in [0.25, 0.3) is 10.9 Å². The molecule has 2 amide bonds. The Balaban J connectivity index is 1.76. The smallest absolute Gasteiger partial charge is 0.333 e. The number of carbonyl (C=O) groups is 4. The predicted octanol–water partition coefficient (Wildman–Crippen LogP) is 0.651. The van der Waals surface area contributed by atoms with Crippen molar-refractivity contribution < 1.29 is 34.1 Å². The maximum absolute atomic E-state index is 12.9. The number of carboxylic acids is 1. The summed E-state index contributed by atoms with van der Waals surface area (Å²) in [5.74, 6) is -4.99. The summed E-state index contributed by atoms with van der Waals surface area (Å²) in [5, 5.41) is 22.0. The molecule has 1 atom stereocenters. The number of fused-ring (bicyclic) bond motifs is 1. The van der Waals surface area contributed by atoms with E-state index in [0.29, 0.717) is 42.8 Å². The molecule has 0 unspecified atom stereocenters. The lowest BCUT2D eigenvalue weighted by molar-refractivity contribution is -0.215. The van der Waals surface area contributed by atoms with Crippen LogP contribution >= 0.6 is 0 Å². The van der Waals surface area contributed by atoms with Gasteiger partial charge in [-0.25, -0.2) is 4.79 Å². The number of hydrogen-bond donors (Lipinski definition) is 4. The van der Waals surface area contributed by atoms with E-state index in [2.05, 4.69) is 15.2 Å². The van der Waals surface area contributed by atoms with E-state index in [0.717, 1.165) is 0 Å². The van der Waals surface area contributed by atoms with Crippen molar-refractivity contribution in [2.45, 2.75) is 32.2 Å². The minimum atomic E-state index is -1.73. The minimum Gasteiger partial charge on any atom is -0.479 e. The van der Waals surface area contributed by atoms with Crippen LogP contribution in [0.5, 0.6) is 0 Å². The molecule has 0 radical (unpaired) electrons. The van der Waals surface area contributed by atoms with E-state index >= 15 is 0 Å². The van der Waals surface area contributed by atoms with Crippen LogP contribution in [0.4, 0.5) is 5.69 Å². The number of H-pyrrole nitrogens is 1. The second-order valence-corrected chi connectivity index (χ2v) is 8.50. The summed E-state index contributed by atoms with van der Waals surface area (Å²) >= 11 is 0. The van der Waals surface area contributed by atoms with Crippen LogP contribution in [0.2, 0.25) is 0 Å². The van der Waals surface area contributed by atoms with Gasteiger partial charge in [0.05, 0.1) is 23.2 Å². The molecule has 1 aliphatic rings. The molecule has 0 spiro atoms. The molecule has 33 heavy (non-hydrogen) atoms. The number of benzene rings is 1. The summed E-state index contributed by atoms with van der Waals surface area (Å²) < 4.78 is 5.02. The van der Waals surface area contributed by atoms with Crippen LogP contribution < -0.4 is 5.32 Å². The standard InChI is InChI=1S/C22H28N4O7/c1-22(2,32)33-16(21(30)31)11-17(27)24-15-6-4-5-13-14(12-23-18(13)15)19(28)20(29)26-9-7-25(3)8-10-26/h4-6,12,16,23,32H,7-11H2,1-3H3,(H,24,27)(H,30,31)/t16-/m0/s1. The molecule has 0 bridgehead atoms. The number of ketones is 1. The molecule has 178 valence electrons. The predicted molar refractivity (Wildman–Crippen MR) is 119 cm³/mol. The van der Waals surface area contributed by atoms with Crippen molar-refractivity contribution in [1.29, 1.82) is 0 Å². The summed E-state index contributed by atoms with van der Waals surface area (Å²) in [6.07, 6.45) is -0.663. The third-order valence-electron chi connectivity index (χ3n) is 5.30. The molecule has 1 aromatic heterocycles. The number of rotatable bonds is 8. The SMILES string of the molecule is CN1CCN(C(=O)C(=O)c2c[nH]c3c(NC(=O)C[C@H](OC(C)(C)O)C(=O)O)cccc23)CC1. The van der Waals surface area contributed by atoms with Gasteiger partial charge in [-0.3, -0.25) is 14.4 Å².